The second kappa shape index (κ2) is 5.89. The van der Waals surface area contributed by atoms with Crippen molar-refractivity contribution in [3.63, 3.8) is 0 Å². The van der Waals surface area contributed by atoms with E-state index in [1.807, 2.05) is 13.8 Å². The van der Waals surface area contributed by atoms with Crippen molar-refractivity contribution in [3.8, 4) is 0 Å². The Morgan fingerprint density at radius 1 is 1.31 bits per heavy atom. The van der Waals surface area contributed by atoms with Gasteiger partial charge in [0.1, 0.15) is 0 Å². The van der Waals surface area contributed by atoms with Crippen LogP contribution in [-0.4, -0.2) is 0 Å². The Morgan fingerprint density at radius 2 is 2.00 bits per heavy atom. The quantitative estimate of drug-likeness (QED) is 0.508. The van der Waals surface area contributed by atoms with Crippen LogP contribution in [0.1, 0.15) is 73.1 Å². The highest BCUT2D eigenvalue weighted by Crippen LogP contribution is 2.52. The molecule has 0 heterocycles. The van der Waals surface area contributed by atoms with E-state index in [2.05, 4.69) is 26.8 Å². The number of fused-ring (bicyclic) bond motifs is 1. The molecule has 94 valence electrons. The maximum absolute atomic E-state index is 2.56. The lowest BCUT2D eigenvalue weighted by Crippen LogP contribution is -2.24. The van der Waals surface area contributed by atoms with Gasteiger partial charge in [-0.1, -0.05) is 52.7 Å². The van der Waals surface area contributed by atoms with E-state index in [9.17, 15) is 0 Å². The molecule has 0 aromatic rings. The Balaban J connectivity index is 0.000000606. The lowest BCUT2D eigenvalue weighted by Gasteiger charge is -2.33. The minimum Gasteiger partial charge on any atom is -0.0845 e. The molecule has 2 aliphatic rings. The third kappa shape index (κ3) is 2.52. The average molecular weight is 222 g/mol. The summed E-state index contributed by atoms with van der Waals surface area (Å²) in [5.74, 6) is 1.90. The monoisotopic (exact) mass is 222 g/mol. The SMILES string of the molecule is CC.CCC1CC=C2CCC(C)CCC21C. The van der Waals surface area contributed by atoms with Gasteiger partial charge in [-0.2, -0.15) is 0 Å². The van der Waals surface area contributed by atoms with Crippen molar-refractivity contribution in [2.45, 2.75) is 73.1 Å². The Hall–Kier alpha value is -0.260. The molecule has 0 heteroatoms. The van der Waals surface area contributed by atoms with Crippen LogP contribution in [-0.2, 0) is 0 Å². The smallest absolute Gasteiger partial charge is 0.00852 e. The highest BCUT2D eigenvalue weighted by Gasteiger charge is 2.40. The van der Waals surface area contributed by atoms with Gasteiger partial charge in [0, 0.05) is 0 Å². The standard InChI is InChI=1S/C14H24.C2H6/c1-4-12-7-8-13-6-5-11(2)9-10-14(12,13)3;1-2/h8,11-12H,4-7,9-10H2,1-3H3;1-2H3. The zero-order valence-electron chi connectivity index (χ0n) is 12.0. The van der Waals surface area contributed by atoms with Crippen molar-refractivity contribution in [2.24, 2.45) is 17.3 Å². The Bertz CT molecular complexity index is 238. The van der Waals surface area contributed by atoms with Crippen LogP contribution in [0.5, 0.6) is 0 Å². The number of rotatable bonds is 1. The second-order valence-electron chi connectivity index (χ2n) is 5.67. The van der Waals surface area contributed by atoms with Crippen LogP contribution in [0.4, 0.5) is 0 Å². The molecule has 2 aliphatic carbocycles. The van der Waals surface area contributed by atoms with E-state index in [4.69, 9.17) is 0 Å². The van der Waals surface area contributed by atoms with E-state index in [0.717, 1.165) is 11.8 Å². The summed E-state index contributed by atoms with van der Waals surface area (Å²) in [7, 11) is 0. The molecular weight excluding hydrogens is 192 g/mol. The van der Waals surface area contributed by atoms with Crippen molar-refractivity contribution in [1.29, 1.82) is 0 Å². The molecule has 1 saturated carbocycles. The van der Waals surface area contributed by atoms with E-state index < -0.39 is 0 Å². The summed E-state index contributed by atoms with van der Waals surface area (Å²) in [4.78, 5) is 0. The summed E-state index contributed by atoms with van der Waals surface area (Å²) in [5.41, 5.74) is 2.38. The van der Waals surface area contributed by atoms with E-state index in [0.29, 0.717) is 5.41 Å². The largest absolute Gasteiger partial charge is 0.0845 e. The van der Waals surface area contributed by atoms with Crippen molar-refractivity contribution in [2.75, 3.05) is 0 Å². The number of hydrogen-bond donors (Lipinski definition) is 0. The Morgan fingerprint density at radius 3 is 2.62 bits per heavy atom. The molecule has 0 aromatic heterocycles. The molecule has 0 aromatic carbocycles. The lowest BCUT2D eigenvalue weighted by molar-refractivity contribution is 0.228. The first-order chi connectivity index (χ1) is 7.66. The van der Waals surface area contributed by atoms with E-state index in [-0.39, 0.29) is 0 Å². The minimum atomic E-state index is 0.583. The molecule has 0 nitrogen and oxygen atoms in total. The van der Waals surface area contributed by atoms with E-state index in [1.165, 1.54) is 38.5 Å². The van der Waals surface area contributed by atoms with Gasteiger partial charge in [-0.15, -0.1) is 0 Å². The van der Waals surface area contributed by atoms with Crippen molar-refractivity contribution < 1.29 is 0 Å². The third-order valence-electron chi connectivity index (χ3n) is 4.84. The Labute approximate surface area is 103 Å². The van der Waals surface area contributed by atoms with Crippen LogP contribution >= 0.6 is 0 Å². The second-order valence-corrected chi connectivity index (χ2v) is 5.67. The van der Waals surface area contributed by atoms with Gasteiger partial charge in [0.15, 0.2) is 0 Å². The van der Waals surface area contributed by atoms with E-state index in [1.54, 1.807) is 5.57 Å². The van der Waals surface area contributed by atoms with Gasteiger partial charge in [0.2, 0.25) is 0 Å². The maximum atomic E-state index is 2.56. The van der Waals surface area contributed by atoms with Gasteiger partial charge >= 0.3 is 0 Å². The molecule has 0 aliphatic heterocycles. The van der Waals surface area contributed by atoms with Crippen LogP contribution in [0.3, 0.4) is 0 Å². The molecule has 0 bridgehead atoms. The first-order valence-corrected chi connectivity index (χ1v) is 7.36. The first-order valence-electron chi connectivity index (χ1n) is 7.36. The van der Waals surface area contributed by atoms with Crippen LogP contribution in [0.15, 0.2) is 11.6 Å². The molecule has 2 rings (SSSR count). The average Bonchev–Trinajstić information content (AvgIpc) is 2.56. The zero-order chi connectivity index (χ0) is 12.2. The molecule has 16 heavy (non-hydrogen) atoms. The summed E-state index contributed by atoms with van der Waals surface area (Å²) in [6.45, 7) is 11.3. The number of hydrogen-bond acceptors (Lipinski definition) is 0. The molecule has 0 N–H and O–H groups in total. The summed E-state index contributed by atoms with van der Waals surface area (Å²) >= 11 is 0. The maximum Gasteiger partial charge on any atom is -0.00852 e. The van der Waals surface area contributed by atoms with Gasteiger partial charge in [0.25, 0.3) is 0 Å². The fourth-order valence-electron chi connectivity index (χ4n) is 3.50. The lowest BCUT2D eigenvalue weighted by atomic mass is 9.71. The molecule has 0 saturated heterocycles. The highest BCUT2D eigenvalue weighted by molar-refractivity contribution is 5.22. The fourth-order valence-corrected chi connectivity index (χ4v) is 3.50. The van der Waals surface area contributed by atoms with E-state index >= 15 is 0 Å². The van der Waals surface area contributed by atoms with Gasteiger partial charge in [-0.25, -0.2) is 0 Å². The predicted molar refractivity (Wildman–Crippen MR) is 73.6 cm³/mol. The molecule has 3 unspecified atom stereocenters. The van der Waals surface area contributed by atoms with Crippen LogP contribution < -0.4 is 0 Å². The van der Waals surface area contributed by atoms with Crippen LogP contribution in [0.2, 0.25) is 0 Å². The summed E-state index contributed by atoms with van der Waals surface area (Å²) < 4.78 is 0. The fraction of sp³-hybridized carbons (Fsp3) is 0.875. The molecule has 1 fully saturated rings. The Kier molecular flexibility index (Phi) is 5.08. The summed E-state index contributed by atoms with van der Waals surface area (Å²) in [6, 6.07) is 0. The van der Waals surface area contributed by atoms with Crippen molar-refractivity contribution >= 4 is 0 Å². The predicted octanol–water partition coefficient (Wildman–Crippen LogP) is 5.59. The first kappa shape index (κ1) is 13.8. The van der Waals surface area contributed by atoms with Crippen LogP contribution in [0, 0.1) is 17.3 Å². The van der Waals surface area contributed by atoms with Gasteiger partial charge < -0.3 is 0 Å². The summed E-state index contributed by atoms with van der Waals surface area (Å²) in [6.07, 6.45) is 11.0. The van der Waals surface area contributed by atoms with Gasteiger partial charge in [-0.05, 0) is 49.4 Å². The summed E-state index contributed by atoms with van der Waals surface area (Å²) in [5, 5.41) is 0. The highest BCUT2D eigenvalue weighted by atomic mass is 14.5. The topological polar surface area (TPSA) is 0 Å². The van der Waals surface area contributed by atoms with Gasteiger partial charge in [0.05, 0.1) is 0 Å². The normalized spacial score (nSPS) is 37.9. The molecule has 0 amide bonds. The van der Waals surface area contributed by atoms with Gasteiger partial charge in [-0.3, -0.25) is 0 Å². The molecular formula is C16H30. The molecule has 3 atom stereocenters. The minimum absolute atomic E-state index is 0.583. The van der Waals surface area contributed by atoms with Crippen molar-refractivity contribution in [3.05, 3.63) is 11.6 Å². The third-order valence-corrected chi connectivity index (χ3v) is 4.84. The zero-order valence-corrected chi connectivity index (χ0v) is 12.0. The number of allylic oxidation sites excluding steroid dienone is 2. The molecule has 0 spiro atoms. The van der Waals surface area contributed by atoms with Crippen LogP contribution in [0.25, 0.3) is 0 Å². The van der Waals surface area contributed by atoms with Crippen molar-refractivity contribution in [1.82, 2.24) is 0 Å². The molecule has 0 radical (unpaired) electrons.